The van der Waals surface area contributed by atoms with Crippen LogP contribution in [0.15, 0.2) is 29.4 Å². The Hall–Kier alpha value is -2.04. The van der Waals surface area contributed by atoms with Gasteiger partial charge in [-0.05, 0) is 18.0 Å². The Balaban J connectivity index is 2.72. The lowest BCUT2D eigenvalue weighted by atomic mass is 10.0. The van der Waals surface area contributed by atoms with Gasteiger partial charge in [-0.2, -0.15) is 0 Å². The van der Waals surface area contributed by atoms with Crippen LogP contribution < -0.4 is 11.1 Å². The number of azide groups is 1. The summed E-state index contributed by atoms with van der Waals surface area (Å²) >= 11 is 0. The summed E-state index contributed by atoms with van der Waals surface area (Å²) in [6.07, 6.45) is 0. The summed E-state index contributed by atoms with van der Waals surface area (Å²) in [5, 5.41) is 6.34. The van der Waals surface area contributed by atoms with Crippen molar-refractivity contribution in [3.8, 4) is 0 Å². The van der Waals surface area contributed by atoms with Gasteiger partial charge in [0, 0.05) is 18.0 Å². The minimum absolute atomic E-state index is 0.284. The Morgan fingerprint density at radius 1 is 1.65 bits per heavy atom. The van der Waals surface area contributed by atoms with E-state index in [1.54, 1.807) is 0 Å². The third-order valence-corrected chi connectivity index (χ3v) is 2.28. The van der Waals surface area contributed by atoms with Gasteiger partial charge in [-0.3, -0.25) is 4.79 Å². The molecule has 0 saturated carbocycles. The van der Waals surface area contributed by atoms with Crippen LogP contribution in [-0.4, -0.2) is 19.0 Å². The molecule has 0 fully saturated rings. The lowest BCUT2D eigenvalue weighted by Crippen LogP contribution is -2.34. The molecular weight excluding hydrogens is 218 g/mol. The van der Waals surface area contributed by atoms with E-state index < -0.39 is 11.9 Å². The zero-order valence-corrected chi connectivity index (χ0v) is 9.63. The van der Waals surface area contributed by atoms with Crippen molar-refractivity contribution in [1.82, 2.24) is 5.32 Å². The molecule has 0 heterocycles. The van der Waals surface area contributed by atoms with Gasteiger partial charge in [0.1, 0.15) is 6.04 Å². The molecule has 0 spiro atoms. The summed E-state index contributed by atoms with van der Waals surface area (Å²) in [4.78, 5) is 14.0. The zero-order chi connectivity index (χ0) is 12.7. The van der Waals surface area contributed by atoms with Crippen LogP contribution in [0.3, 0.4) is 0 Å². The van der Waals surface area contributed by atoms with Gasteiger partial charge < -0.3 is 11.1 Å². The highest BCUT2D eigenvalue weighted by Gasteiger charge is 2.16. The summed E-state index contributed by atoms with van der Waals surface area (Å²) < 4.78 is 0. The predicted octanol–water partition coefficient (Wildman–Crippen LogP) is 1.42. The molecule has 6 heteroatoms. The van der Waals surface area contributed by atoms with Crippen molar-refractivity contribution in [3.05, 3.63) is 45.8 Å². The molecule has 1 aromatic rings. The van der Waals surface area contributed by atoms with Gasteiger partial charge >= 0.3 is 0 Å². The van der Waals surface area contributed by atoms with Crippen molar-refractivity contribution in [3.63, 3.8) is 0 Å². The number of hydrogen-bond acceptors (Lipinski definition) is 3. The Kier molecular flexibility index (Phi) is 5.00. The molecule has 0 aliphatic heterocycles. The number of aryl methyl sites for hydroxylation is 1. The normalized spacial score (nSPS) is 11.6. The fraction of sp³-hybridized carbons (Fsp3) is 0.364. The SMILES string of the molecule is Cc1cccc(C(NCCN=[N+]=[N-])C(N)=O)c1. The molecular formula is C11H15N5O. The number of hydrogen-bond donors (Lipinski definition) is 2. The summed E-state index contributed by atoms with van der Waals surface area (Å²) in [6.45, 7) is 2.64. The number of nitrogens with one attached hydrogen (secondary N) is 1. The van der Waals surface area contributed by atoms with Crippen LogP contribution >= 0.6 is 0 Å². The highest BCUT2D eigenvalue weighted by Crippen LogP contribution is 2.13. The number of primary amides is 1. The fourth-order valence-electron chi connectivity index (χ4n) is 1.54. The molecule has 0 aromatic heterocycles. The summed E-state index contributed by atoms with van der Waals surface area (Å²) in [5.74, 6) is -0.448. The number of carbonyl (C=O) groups excluding carboxylic acids is 1. The first kappa shape index (κ1) is 13.0. The first-order chi connectivity index (χ1) is 8.15. The molecule has 3 N–H and O–H groups in total. The van der Waals surface area contributed by atoms with Crippen LogP contribution in [0.2, 0.25) is 0 Å². The van der Waals surface area contributed by atoms with E-state index in [9.17, 15) is 4.79 Å². The van der Waals surface area contributed by atoms with E-state index in [4.69, 9.17) is 11.3 Å². The van der Waals surface area contributed by atoms with E-state index in [-0.39, 0.29) is 6.54 Å². The topological polar surface area (TPSA) is 104 Å². The van der Waals surface area contributed by atoms with E-state index in [2.05, 4.69) is 15.3 Å². The van der Waals surface area contributed by atoms with Crippen LogP contribution in [0, 0.1) is 6.92 Å². The second-order valence-corrected chi connectivity index (χ2v) is 3.66. The maximum absolute atomic E-state index is 11.3. The van der Waals surface area contributed by atoms with Gasteiger partial charge in [0.15, 0.2) is 0 Å². The average molecular weight is 233 g/mol. The van der Waals surface area contributed by atoms with Crippen molar-refractivity contribution < 1.29 is 4.79 Å². The van der Waals surface area contributed by atoms with E-state index in [1.807, 2.05) is 31.2 Å². The van der Waals surface area contributed by atoms with Gasteiger partial charge in [-0.25, -0.2) is 0 Å². The maximum Gasteiger partial charge on any atom is 0.239 e. The van der Waals surface area contributed by atoms with Crippen LogP contribution in [0.4, 0.5) is 0 Å². The quantitative estimate of drug-likeness (QED) is 0.336. The molecule has 17 heavy (non-hydrogen) atoms. The molecule has 1 rings (SSSR count). The summed E-state index contributed by atoms with van der Waals surface area (Å²) in [5.41, 5.74) is 15.3. The van der Waals surface area contributed by atoms with Gasteiger partial charge in [-0.1, -0.05) is 34.9 Å². The van der Waals surface area contributed by atoms with E-state index in [0.29, 0.717) is 6.54 Å². The lowest BCUT2D eigenvalue weighted by molar-refractivity contribution is -0.120. The fourth-order valence-corrected chi connectivity index (χ4v) is 1.54. The number of nitrogens with two attached hydrogens (primary N) is 1. The minimum Gasteiger partial charge on any atom is -0.368 e. The van der Waals surface area contributed by atoms with Crippen molar-refractivity contribution in [1.29, 1.82) is 0 Å². The number of amides is 1. The predicted molar refractivity (Wildman–Crippen MR) is 65.1 cm³/mol. The Bertz CT molecular complexity index is 439. The van der Waals surface area contributed by atoms with Crippen molar-refractivity contribution in [2.45, 2.75) is 13.0 Å². The van der Waals surface area contributed by atoms with Crippen molar-refractivity contribution in [2.75, 3.05) is 13.1 Å². The highest BCUT2D eigenvalue weighted by atomic mass is 16.1. The molecule has 0 aliphatic carbocycles. The first-order valence-corrected chi connectivity index (χ1v) is 5.25. The Morgan fingerprint density at radius 3 is 3.00 bits per heavy atom. The molecule has 0 bridgehead atoms. The van der Waals surface area contributed by atoms with E-state index in [1.165, 1.54) is 0 Å². The second kappa shape index (κ2) is 6.52. The number of benzene rings is 1. The van der Waals surface area contributed by atoms with Gasteiger partial charge in [0.2, 0.25) is 5.91 Å². The van der Waals surface area contributed by atoms with Crippen molar-refractivity contribution >= 4 is 5.91 Å². The molecule has 6 nitrogen and oxygen atoms in total. The highest BCUT2D eigenvalue weighted by molar-refractivity contribution is 5.81. The van der Waals surface area contributed by atoms with Crippen LogP contribution in [0.25, 0.3) is 10.4 Å². The Labute approximate surface area is 99.4 Å². The molecule has 90 valence electrons. The van der Waals surface area contributed by atoms with Crippen molar-refractivity contribution in [2.24, 2.45) is 10.8 Å². The third-order valence-electron chi connectivity index (χ3n) is 2.28. The zero-order valence-electron chi connectivity index (χ0n) is 9.63. The Morgan fingerprint density at radius 2 is 2.41 bits per heavy atom. The number of nitrogens with zero attached hydrogens (tertiary/aromatic N) is 3. The van der Waals surface area contributed by atoms with Crippen LogP contribution in [0.5, 0.6) is 0 Å². The first-order valence-electron chi connectivity index (χ1n) is 5.25. The third kappa shape index (κ3) is 4.14. The number of carbonyl (C=O) groups is 1. The lowest BCUT2D eigenvalue weighted by Gasteiger charge is -2.15. The maximum atomic E-state index is 11.3. The van der Waals surface area contributed by atoms with Crippen LogP contribution in [-0.2, 0) is 4.79 Å². The van der Waals surface area contributed by atoms with E-state index >= 15 is 0 Å². The largest absolute Gasteiger partial charge is 0.368 e. The summed E-state index contributed by atoms with van der Waals surface area (Å²) in [7, 11) is 0. The second-order valence-electron chi connectivity index (χ2n) is 3.66. The van der Waals surface area contributed by atoms with Crippen LogP contribution in [0.1, 0.15) is 17.2 Å². The van der Waals surface area contributed by atoms with E-state index in [0.717, 1.165) is 11.1 Å². The standard InChI is InChI=1S/C11H15N5O/c1-8-3-2-4-9(7-8)10(11(12)17)14-5-6-15-16-13/h2-4,7,10,14H,5-6H2,1H3,(H2,12,17). The van der Waals surface area contributed by atoms with Gasteiger partial charge in [0.25, 0.3) is 0 Å². The smallest absolute Gasteiger partial charge is 0.239 e. The molecule has 1 atom stereocenters. The molecule has 1 amide bonds. The molecule has 0 radical (unpaired) electrons. The molecule has 0 saturated heterocycles. The van der Waals surface area contributed by atoms with Gasteiger partial charge in [-0.15, -0.1) is 0 Å². The molecule has 0 aliphatic rings. The molecule has 1 aromatic carbocycles. The molecule has 1 unspecified atom stereocenters. The summed E-state index contributed by atoms with van der Waals surface area (Å²) in [6, 6.07) is 7.00. The minimum atomic E-state index is -0.552. The number of rotatable bonds is 6. The average Bonchev–Trinajstić information content (AvgIpc) is 2.28. The van der Waals surface area contributed by atoms with Gasteiger partial charge in [0.05, 0.1) is 0 Å². The monoisotopic (exact) mass is 233 g/mol.